The van der Waals surface area contributed by atoms with Gasteiger partial charge < -0.3 is 4.74 Å². The summed E-state index contributed by atoms with van der Waals surface area (Å²) in [5.41, 5.74) is 1.19. The first kappa shape index (κ1) is 17.9. The first-order chi connectivity index (χ1) is 11.9. The molecule has 0 radical (unpaired) electrons. The molecule has 2 aromatic carbocycles. The van der Waals surface area contributed by atoms with Crippen LogP contribution in [-0.2, 0) is 14.8 Å². The van der Waals surface area contributed by atoms with Crippen molar-refractivity contribution in [2.24, 2.45) is 5.92 Å². The van der Waals surface area contributed by atoms with Gasteiger partial charge in [-0.3, -0.25) is 0 Å². The number of carbonyl (C=O) groups excluding carboxylic acids is 1. The van der Waals surface area contributed by atoms with Crippen molar-refractivity contribution in [1.82, 2.24) is 4.72 Å². The van der Waals surface area contributed by atoms with Gasteiger partial charge in [0.2, 0.25) is 10.0 Å². The number of hydrogen-bond acceptors (Lipinski definition) is 4. The zero-order valence-electron chi connectivity index (χ0n) is 13.6. The van der Waals surface area contributed by atoms with Crippen molar-refractivity contribution in [3.05, 3.63) is 64.7 Å². The van der Waals surface area contributed by atoms with Gasteiger partial charge in [-0.15, -0.1) is 0 Å². The standard InChI is InChI=1S/C18H18ClNO4S/c1-24-18(21)14-6-10-16(11-7-14)25(22,23)20-17(12-2-3-12)13-4-8-15(19)9-5-13/h4-12,17,20H,2-3H2,1H3/t17-/m0/s1. The van der Waals surface area contributed by atoms with Crippen molar-refractivity contribution in [1.29, 1.82) is 0 Å². The number of nitrogens with one attached hydrogen (secondary N) is 1. The molecule has 7 heteroatoms. The van der Waals surface area contributed by atoms with E-state index in [9.17, 15) is 13.2 Å². The van der Waals surface area contributed by atoms with E-state index in [1.807, 2.05) is 12.1 Å². The third-order valence-corrected chi connectivity index (χ3v) is 5.90. The quantitative estimate of drug-likeness (QED) is 0.779. The maximum Gasteiger partial charge on any atom is 0.337 e. The zero-order chi connectivity index (χ0) is 18.0. The minimum atomic E-state index is -3.71. The van der Waals surface area contributed by atoms with E-state index >= 15 is 0 Å². The van der Waals surface area contributed by atoms with Crippen LogP contribution in [0.25, 0.3) is 0 Å². The summed E-state index contributed by atoms with van der Waals surface area (Å²) in [6.45, 7) is 0. The molecule has 0 saturated heterocycles. The molecule has 1 aliphatic carbocycles. The van der Waals surface area contributed by atoms with Crippen molar-refractivity contribution in [3.63, 3.8) is 0 Å². The number of benzene rings is 2. The summed E-state index contributed by atoms with van der Waals surface area (Å²) >= 11 is 5.92. The Balaban J connectivity index is 1.83. The molecule has 5 nitrogen and oxygen atoms in total. The van der Waals surface area contributed by atoms with E-state index in [0.29, 0.717) is 10.6 Å². The largest absolute Gasteiger partial charge is 0.465 e. The minimum Gasteiger partial charge on any atom is -0.465 e. The molecule has 3 rings (SSSR count). The molecule has 0 amide bonds. The molecular weight excluding hydrogens is 362 g/mol. The third kappa shape index (κ3) is 4.21. The summed E-state index contributed by atoms with van der Waals surface area (Å²) in [6.07, 6.45) is 1.97. The highest BCUT2D eigenvalue weighted by atomic mass is 35.5. The molecule has 1 atom stereocenters. The second-order valence-electron chi connectivity index (χ2n) is 6.00. The number of hydrogen-bond donors (Lipinski definition) is 1. The van der Waals surface area contributed by atoms with Crippen molar-refractivity contribution < 1.29 is 17.9 Å². The number of sulfonamides is 1. The second-order valence-corrected chi connectivity index (χ2v) is 8.15. The summed E-state index contributed by atoms with van der Waals surface area (Å²) in [4.78, 5) is 11.6. The average molecular weight is 380 g/mol. The predicted molar refractivity (Wildman–Crippen MR) is 95.0 cm³/mol. The van der Waals surface area contributed by atoms with Crippen LogP contribution in [0.5, 0.6) is 0 Å². The van der Waals surface area contributed by atoms with Crippen molar-refractivity contribution in [3.8, 4) is 0 Å². The first-order valence-corrected chi connectivity index (χ1v) is 9.73. The lowest BCUT2D eigenvalue weighted by Crippen LogP contribution is -2.30. The van der Waals surface area contributed by atoms with Crippen LogP contribution < -0.4 is 4.72 Å². The molecule has 1 fully saturated rings. The van der Waals surface area contributed by atoms with Gasteiger partial charge in [-0.2, -0.15) is 0 Å². The number of carbonyl (C=O) groups is 1. The Bertz CT molecular complexity index is 859. The lowest BCUT2D eigenvalue weighted by molar-refractivity contribution is 0.0600. The SMILES string of the molecule is COC(=O)c1ccc(S(=O)(=O)N[C@H](c2ccc(Cl)cc2)C2CC2)cc1. The van der Waals surface area contributed by atoms with E-state index in [2.05, 4.69) is 9.46 Å². The number of halogens is 1. The fourth-order valence-electron chi connectivity index (χ4n) is 2.66. The molecule has 0 unspecified atom stereocenters. The molecule has 1 N–H and O–H groups in total. The van der Waals surface area contributed by atoms with Gasteiger partial charge in [0.1, 0.15) is 0 Å². The minimum absolute atomic E-state index is 0.111. The number of ether oxygens (including phenoxy) is 1. The van der Waals surface area contributed by atoms with Crippen LogP contribution in [-0.4, -0.2) is 21.5 Å². The molecule has 2 aromatic rings. The normalized spacial score (nSPS) is 15.6. The van der Waals surface area contributed by atoms with Gasteiger partial charge in [0.15, 0.2) is 0 Å². The van der Waals surface area contributed by atoms with Gasteiger partial charge >= 0.3 is 5.97 Å². The highest BCUT2D eigenvalue weighted by Crippen LogP contribution is 2.42. The van der Waals surface area contributed by atoms with Gasteiger partial charge in [-0.05, 0) is 60.7 Å². The maximum atomic E-state index is 12.7. The van der Waals surface area contributed by atoms with Gasteiger partial charge in [0, 0.05) is 11.1 Å². The Morgan fingerprint density at radius 3 is 2.24 bits per heavy atom. The summed E-state index contributed by atoms with van der Waals surface area (Å²) in [5, 5.41) is 0.611. The molecule has 1 saturated carbocycles. The van der Waals surface area contributed by atoms with Crippen LogP contribution in [0.15, 0.2) is 53.4 Å². The summed E-state index contributed by atoms with van der Waals surface area (Å²) < 4.78 is 32.8. The van der Waals surface area contributed by atoms with Crippen LogP contribution in [0.2, 0.25) is 5.02 Å². The van der Waals surface area contributed by atoms with Crippen LogP contribution in [0, 0.1) is 5.92 Å². The maximum absolute atomic E-state index is 12.7. The summed E-state index contributed by atoms with van der Waals surface area (Å²) in [7, 11) is -2.43. The highest BCUT2D eigenvalue weighted by molar-refractivity contribution is 7.89. The molecular formula is C18H18ClNO4S. The fourth-order valence-corrected chi connectivity index (χ4v) is 4.08. The van der Waals surface area contributed by atoms with Gasteiger partial charge in [-0.1, -0.05) is 23.7 Å². The Kier molecular flexibility index (Phi) is 5.13. The van der Waals surface area contributed by atoms with Gasteiger partial charge in [0.05, 0.1) is 17.6 Å². The van der Waals surface area contributed by atoms with Gasteiger partial charge in [-0.25, -0.2) is 17.9 Å². The molecule has 0 spiro atoms. The van der Waals surface area contributed by atoms with E-state index in [-0.39, 0.29) is 16.9 Å². The molecule has 0 aromatic heterocycles. The third-order valence-electron chi connectivity index (χ3n) is 4.19. The van der Waals surface area contributed by atoms with Crippen LogP contribution in [0.3, 0.4) is 0 Å². The van der Waals surface area contributed by atoms with Crippen LogP contribution in [0.1, 0.15) is 34.8 Å². The van der Waals surface area contributed by atoms with E-state index in [1.54, 1.807) is 12.1 Å². The average Bonchev–Trinajstić information content (AvgIpc) is 3.45. The molecule has 132 valence electrons. The van der Waals surface area contributed by atoms with Crippen molar-refractivity contribution >= 4 is 27.6 Å². The highest BCUT2D eigenvalue weighted by Gasteiger charge is 2.35. The summed E-state index contributed by atoms with van der Waals surface area (Å²) in [6, 6.07) is 12.6. The Hall–Kier alpha value is -1.89. The van der Waals surface area contributed by atoms with Gasteiger partial charge in [0.25, 0.3) is 0 Å². The van der Waals surface area contributed by atoms with Crippen molar-refractivity contribution in [2.75, 3.05) is 7.11 Å². The van der Waals surface area contributed by atoms with Crippen LogP contribution in [0.4, 0.5) is 0 Å². The van der Waals surface area contributed by atoms with Crippen LogP contribution >= 0.6 is 11.6 Å². The van der Waals surface area contributed by atoms with E-state index in [0.717, 1.165) is 18.4 Å². The topological polar surface area (TPSA) is 72.5 Å². The number of esters is 1. The number of rotatable bonds is 6. The Labute approximate surface area is 152 Å². The van der Waals surface area contributed by atoms with E-state index < -0.39 is 16.0 Å². The van der Waals surface area contributed by atoms with E-state index in [1.165, 1.54) is 31.4 Å². The predicted octanol–water partition coefficient (Wildman–Crippen LogP) is 3.56. The molecule has 0 heterocycles. The number of methoxy groups -OCH3 is 1. The van der Waals surface area contributed by atoms with Crippen molar-refractivity contribution in [2.45, 2.75) is 23.8 Å². The molecule has 0 aliphatic heterocycles. The summed E-state index contributed by atoms with van der Waals surface area (Å²) in [5.74, 6) is -0.223. The monoisotopic (exact) mass is 379 g/mol. The lowest BCUT2D eigenvalue weighted by atomic mass is 10.0. The Morgan fingerprint density at radius 1 is 1.12 bits per heavy atom. The fraction of sp³-hybridized carbons (Fsp3) is 0.278. The smallest absolute Gasteiger partial charge is 0.337 e. The Morgan fingerprint density at radius 2 is 1.72 bits per heavy atom. The van der Waals surface area contributed by atoms with E-state index in [4.69, 9.17) is 11.6 Å². The second kappa shape index (κ2) is 7.15. The zero-order valence-corrected chi connectivity index (χ0v) is 15.2. The molecule has 0 bridgehead atoms. The molecule has 1 aliphatic rings. The molecule has 25 heavy (non-hydrogen) atoms. The first-order valence-electron chi connectivity index (χ1n) is 7.87. The lowest BCUT2D eigenvalue weighted by Gasteiger charge is -2.19.